The van der Waals surface area contributed by atoms with Crippen molar-refractivity contribution in [2.75, 3.05) is 18.2 Å². The second kappa shape index (κ2) is 5.16. The molecule has 0 saturated heterocycles. The van der Waals surface area contributed by atoms with E-state index >= 15 is 0 Å². The van der Waals surface area contributed by atoms with Crippen LogP contribution in [0.5, 0.6) is 5.75 Å². The van der Waals surface area contributed by atoms with Gasteiger partial charge >= 0.3 is 0 Å². The van der Waals surface area contributed by atoms with Crippen molar-refractivity contribution in [3.05, 3.63) is 42.1 Å². The number of nitrogens with one attached hydrogen (secondary N) is 1. The molecular formula is C12H14N4O. The molecule has 5 heteroatoms. The Morgan fingerprint density at radius 3 is 2.65 bits per heavy atom. The number of ether oxygens (including phenoxy) is 1. The van der Waals surface area contributed by atoms with E-state index in [0.717, 1.165) is 11.3 Å². The number of nitrogens with zero attached hydrogens (tertiary/aromatic N) is 2. The monoisotopic (exact) mass is 230 g/mol. The Hall–Kier alpha value is -2.30. The van der Waals surface area contributed by atoms with Gasteiger partial charge in [0.25, 0.3) is 0 Å². The molecule has 2 aromatic rings. The molecule has 0 saturated carbocycles. The summed E-state index contributed by atoms with van der Waals surface area (Å²) >= 11 is 0. The first-order valence-corrected chi connectivity index (χ1v) is 5.23. The Bertz CT molecular complexity index is 484. The molecule has 0 aliphatic rings. The highest BCUT2D eigenvalue weighted by Gasteiger charge is 1.97. The van der Waals surface area contributed by atoms with E-state index < -0.39 is 0 Å². The lowest BCUT2D eigenvalue weighted by atomic mass is 10.2. The van der Waals surface area contributed by atoms with Crippen LogP contribution in [0.2, 0.25) is 0 Å². The van der Waals surface area contributed by atoms with Gasteiger partial charge < -0.3 is 15.8 Å². The first-order valence-electron chi connectivity index (χ1n) is 5.23. The van der Waals surface area contributed by atoms with Crippen LogP contribution >= 0.6 is 0 Å². The summed E-state index contributed by atoms with van der Waals surface area (Å²) in [6, 6.07) is 9.45. The molecule has 0 fully saturated rings. The molecule has 1 aromatic heterocycles. The molecule has 17 heavy (non-hydrogen) atoms. The standard InChI is InChI=1S/C12H14N4O/c1-17-10-4-2-9(3-5-10)8-15-12-14-7-6-11(13)16-12/h2-7H,8H2,1H3,(H3,13,14,15,16). The summed E-state index contributed by atoms with van der Waals surface area (Å²) in [5, 5.41) is 3.10. The molecule has 1 heterocycles. The van der Waals surface area contributed by atoms with E-state index in [9.17, 15) is 0 Å². The zero-order valence-corrected chi connectivity index (χ0v) is 9.55. The topological polar surface area (TPSA) is 73.1 Å². The Balaban J connectivity index is 1.97. The molecule has 0 bridgehead atoms. The number of rotatable bonds is 4. The fraction of sp³-hybridized carbons (Fsp3) is 0.167. The van der Waals surface area contributed by atoms with Gasteiger partial charge in [-0.3, -0.25) is 0 Å². The third-order valence-electron chi connectivity index (χ3n) is 2.29. The number of nitrogen functional groups attached to an aromatic ring is 1. The number of benzene rings is 1. The van der Waals surface area contributed by atoms with Gasteiger partial charge in [0.15, 0.2) is 0 Å². The summed E-state index contributed by atoms with van der Waals surface area (Å²) in [4.78, 5) is 8.11. The van der Waals surface area contributed by atoms with Crippen LogP contribution in [0.4, 0.5) is 11.8 Å². The van der Waals surface area contributed by atoms with Crippen molar-refractivity contribution in [2.24, 2.45) is 0 Å². The second-order valence-electron chi connectivity index (χ2n) is 3.51. The van der Waals surface area contributed by atoms with Gasteiger partial charge in [-0.25, -0.2) is 4.98 Å². The predicted molar refractivity (Wildman–Crippen MR) is 66.8 cm³/mol. The van der Waals surface area contributed by atoms with Crippen LogP contribution in [0.1, 0.15) is 5.56 Å². The molecule has 0 unspecified atom stereocenters. The summed E-state index contributed by atoms with van der Waals surface area (Å²) in [6.45, 7) is 0.646. The molecule has 0 aliphatic heterocycles. The summed E-state index contributed by atoms with van der Waals surface area (Å²) in [7, 11) is 1.65. The fourth-order valence-electron chi connectivity index (χ4n) is 1.38. The van der Waals surface area contributed by atoms with Crippen molar-refractivity contribution in [2.45, 2.75) is 6.54 Å². The van der Waals surface area contributed by atoms with Crippen molar-refractivity contribution < 1.29 is 4.74 Å². The molecule has 0 aliphatic carbocycles. The molecule has 1 aromatic carbocycles. The molecular weight excluding hydrogens is 216 g/mol. The van der Waals surface area contributed by atoms with Crippen LogP contribution < -0.4 is 15.8 Å². The maximum absolute atomic E-state index is 5.56. The molecule has 0 radical (unpaired) electrons. The molecule has 0 amide bonds. The van der Waals surface area contributed by atoms with Gasteiger partial charge in [0.05, 0.1) is 7.11 Å². The lowest BCUT2D eigenvalue weighted by Gasteiger charge is -2.06. The Labute approximate surface area is 99.7 Å². The van der Waals surface area contributed by atoms with Crippen molar-refractivity contribution in [3.63, 3.8) is 0 Å². The van der Waals surface area contributed by atoms with Gasteiger partial charge in [-0.05, 0) is 23.8 Å². The van der Waals surface area contributed by atoms with E-state index in [4.69, 9.17) is 10.5 Å². The normalized spacial score (nSPS) is 9.94. The van der Waals surface area contributed by atoms with Crippen LogP contribution in [0.15, 0.2) is 36.5 Å². The van der Waals surface area contributed by atoms with Gasteiger partial charge in [-0.15, -0.1) is 0 Å². The fourth-order valence-corrected chi connectivity index (χ4v) is 1.38. The highest BCUT2D eigenvalue weighted by molar-refractivity contribution is 5.36. The minimum Gasteiger partial charge on any atom is -0.497 e. The number of methoxy groups -OCH3 is 1. The smallest absolute Gasteiger partial charge is 0.224 e. The number of aromatic nitrogens is 2. The highest BCUT2D eigenvalue weighted by Crippen LogP contribution is 2.12. The van der Waals surface area contributed by atoms with Gasteiger partial charge in [0.2, 0.25) is 5.95 Å². The molecule has 0 spiro atoms. The Kier molecular flexibility index (Phi) is 3.40. The van der Waals surface area contributed by atoms with E-state index in [-0.39, 0.29) is 0 Å². The third-order valence-corrected chi connectivity index (χ3v) is 2.29. The van der Waals surface area contributed by atoms with Gasteiger partial charge in [-0.1, -0.05) is 12.1 Å². The lowest BCUT2D eigenvalue weighted by molar-refractivity contribution is 0.414. The van der Waals surface area contributed by atoms with Crippen molar-refractivity contribution in [3.8, 4) is 5.75 Å². The SMILES string of the molecule is COc1ccc(CNc2nccc(N)n2)cc1. The van der Waals surface area contributed by atoms with Crippen molar-refractivity contribution >= 4 is 11.8 Å². The molecule has 0 atom stereocenters. The zero-order valence-electron chi connectivity index (χ0n) is 9.55. The van der Waals surface area contributed by atoms with E-state index in [1.807, 2.05) is 24.3 Å². The molecule has 88 valence electrons. The van der Waals surface area contributed by atoms with E-state index in [2.05, 4.69) is 15.3 Å². The zero-order chi connectivity index (χ0) is 12.1. The first-order chi connectivity index (χ1) is 8.28. The van der Waals surface area contributed by atoms with Crippen LogP contribution in [-0.2, 0) is 6.54 Å². The summed E-state index contributed by atoms with van der Waals surface area (Å²) in [5.41, 5.74) is 6.68. The average molecular weight is 230 g/mol. The minimum absolute atomic E-state index is 0.456. The average Bonchev–Trinajstić information content (AvgIpc) is 2.37. The Morgan fingerprint density at radius 1 is 1.24 bits per heavy atom. The summed E-state index contributed by atoms with van der Waals surface area (Å²) in [6.07, 6.45) is 1.62. The van der Waals surface area contributed by atoms with Crippen LogP contribution in [0.3, 0.4) is 0 Å². The lowest BCUT2D eigenvalue weighted by Crippen LogP contribution is -2.04. The number of hydrogen-bond donors (Lipinski definition) is 2. The third kappa shape index (κ3) is 3.07. The van der Waals surface area contributed by atoms with E-state index in [1.165, 1.54) is 0 Å². The maximum Gasteiger partial charge on any atom is 0.224 e. The first kappa shape index (κ1) is 11.2. The van der Waals surface area contributed by atoms with E-state index in [1.54, 1.807) is 19.4 Å². The van der Waals surface area contributed by atoms with Gasteiger partial charge in [0, 0.05) is 12.7 Å². The van der Waals surface area contributed by atoms with Crippen LogP contribution in [-0.4, -0.2) is 17.1 Å². The summed E-state index contributed by atoms with van der Waals surface area (Å²) < 4.78 is 5.09. The number of nitrogens with two attached hydrogens (primary N) is 1. The quantitative estimate of drug-likeness (QED) is 0.836. The van der Waals surface area contributed by atoms with Crippen LogP contribution in [0.25, 0.3) is 0 Å². The molecule has 5 nitrogen and oxygen atoms in total. The van der Waals surface area contributed by atoms with Gasteiger partial charge in [-0.2, -0.15) is 4.98 Å². The number of anilines is 2. The van der Waals surface area contributed by atoms with E-state index in [0.29, 0.717) is 18.3 Å². The predicted octanol–water partition coefficient (Wildman–Crippen LogP) is 1.68. The van der Waals surface area contributed by atoms with Crippen molar-refractivity contribution in [1.82, 2.24) is 9.97 Å². The largest absolute Gasteiger partial charge is 0.497 e. The Morgan fingerprint density at radius 2 is 2.00 bits per heavy atom. The van der Waals surface area contributed by atoms with Gasteiger partial charge in [0.1, 0.15) is 11.6 Å². The van der Waals surface area contributed by atoms with Crippen LogP contribution in [0, 0.1) is 0 Å². The number of hydrogen-bond acceptors (Lipinski definition) is 5. The minimum atomic E-state index is 0.456. The van der Waals surface area contributed by atoms with Crippen molar-refractivity contribution in [1.29, 1.82) is 0 Å². The highest BCUT2D eigenvalue weighted by atomic mass is 16.5. The molecule has 2 rings (SSSR count). The molecule has 3 N–H and O–H groups in total. The maximum atomic E-state index is 5.56. The summed E-state index contributed by atoms with van der Waals surface area (Å²) in [5.74, 6) is 1.83. The second-order valence-corrected chi connectivity index (χ2v) is 3.51.